The number of hydrogen-bond acceptors (Lipinski definition) is 5. The Kier molecular flexibility index (Phi) is 6.19. The quantitative estimate of drug-likeness (QED) is 0.629. The van der Waals surface area contributed by atoms with Crippen LogP contribution in [0.2, 0.25) is 0 Å². The molecule has 2 aromatic heterocycles. The van der Waals surface area contributed by atoms with Crippen LogP contribution in [-0.2, 0) is 0 Å². The van der Waals surface area contributed by atoms with E-state index in [1.54, 1.807) is 18.5 Å². The summed E-state index contributed by atoms with van der Waals surface area (Å²) in [5.41, 5.74) is 2.98. The van der Waals surface area contributed by atoms with Crippen molar-refractivity contribution in [3.63, 3.8) is 0 Å². The molecule has 0 amide bonds. The Hall–Kier alpha value is -3.05. The van der Waals surface area contributed by atoms with Gasteiger partial charge < -0.3 is 10.2 Å². The van der Waals surface area contributed by atoms with E-state index in [-0.39, 0.29) is 5.78 Å². The van der Waals surface area contributed by atoms with Gasteiger partial charge in [0.2, 0.25) is 5.78 Å². The van der Waals surface area contributed by atoms with Gasteiger partial charge >= 0.3 is 0 Å². The van der Waals surface area contributed by atoms with Gasteiger partial charge in [0.1, 0.15) is 11.5 Å². The van der Waals surface area contributed by atoms with Gasteiger partial charge in [0, 0.05) is 49.2 Å². The molecule has 0 bridgehead atoms. The number of carbonyl (C=O) groups excluding carboxylic acids is 1. The molecule has 5 heteroatoms. The first kappa shape index (κ1) is 20.2. The Morgan fingerprint density at radius 1 is 1.10 bits per heavy atom. The molecule has 0 spiro atoms. The molecule has 0 saturated carbocycles. The SMILES string of the molecule is CC(C)C[C@H]1CN(c2cccc(C(=O)c3cncc(-c4ccccc4)c3)n2)CCN1. The summed E-state index contributed by atoms with van der Waals surface area (Å²) < 4.78 is 0. The van der Waals surface area contributed by atoms with Crippen LogP contribution in [0.15, 0.2) is 67.0 Å². The van der Waals surface area contributed by atoms with Gasteiger partial charge in [-0.25, -0.2) is 4.98 Å². The zero-order valence-electron chi connectivity index (χ0n) is 17.6. The van der Waals surface area contributed by atoms with Crippen LogP contribution in [0.3, 0.4) is 0 Å². The summed E-state index contributed by atoms with van der Waals surface area (Å²) in [7, 11) is 0. The van der Waals surface area contributed by atoms with E-state index in [4.69, 9.17) is 4.98 Å². The number of aromatic nitrogens is 2. The summed E-state index contributed by atoms with van der Waals surface area (Å²) >= 11 is 0. The van der Waals surface area contributed by atoms with E-state index in [1.165, 1.54) is 0 Å². The van der Waals surface area contributed by atoms with E-state index in [0.29, 0.717) is 23.2 Å². The van der Waals surface area contributed by atoms with E-state index in [2.05, 4.69) is 29.0 Å². The van der Waals surface area contributed by atoms with Crippen molar-refractivity contribution in [3.05, 3.63) is 78.2 Å². The normalized spacial score (nSPS) is 16.6. The summed E-state index contributed by atoms with van der Waals surface area (Å²) in [5, 5.41) is 3.59. The average molecular weight is 401 g/mol. The number of pyridine rings is 2. The molecule has 1 aliphatic heterocycles. The first-order chi connectivity index (χ1) is 14.6. The van der Waals surface area contributed by atoms with Crippen LogP contribution >= 0.6 is 0 Å². The molecule has 0 radical (unpaired) electrons. The van der Waals surface area contributed by atoms with Crippen molar-refractivity contribution in [1.82, 2.24) is 15.3 Å². The van der Waals surface area contributed by atoms with Crippen LogP contribution in [0.4, 0.5) is 5.82 Å². The minimum Gasteiger partial charge on any atom is -0.354 e. The van der Waals surface area contributed by atoms with E-state index in [9.17, 15) is 4.79 Å². The van der Waals surface area contributed by atoms with Crippen molar-refractivity contribution < 1.29 is 4.79 Å². The monoisotopic (exact) mass is 400 g/mol. The summed E-state index contributed by atoms with van der Waals surface area (Å²) in [4.78, 5) is 24.4. The maximum absolute atomic E-state index is 13.1. The molecule has 5 nitrogen and oxygen atoms in total. The van der Waals surface area contributed by atoms with Gasteiger partial charge in [0.25, 0.3) is 0 Å². The molecule has 0 aliphatic carbocycles. The number of benzene rings is 1. The molecule has 4 rings (SSSR count). The van der Waals surface area contributed by atoms with Crippen LogP contribution < -0.4 is 10.2 Å². The highest BCUT2D eigenvalue weighted by molar-refractivity contribution is 6.08. The van der Waals surface area contributed by atoms with Crippen LogP contribution in [0.5, 0.6) is 0 Å². The molecule has 1 atom stereocenters. The second-order valence-electron chi connectivity index (χ2n) is 8.27. The molecule has 0 unspecified atom stereocenters. The molecule has 154 valence electrons. The lowest BCUT2D eigenvalue weighted by Gasteiger charge is -2.35. The van der Waals surface area contributed by atoms with Gasteiger partial charge in [-0.3, -0.25) is 9.78 Å². The zero-order chi connectivity index (χ0) is 20.9. The standard InChI is InChI=1S/C25H28N4O/c1-18(2)13-22-17-29(12-11-27-22)24-10-6-9-23(28-24)25(30)21-14-20(15-26-16-21)19-7-4-3-5-8-19/h3-10,14-16,18,22,27H,11-13,17H2,1-2H3/t22-/m0/s1. The van der Waals surface area contributed by atoms with Crippen LogP contribution in [0.1, 0.15) is 36.3 Å². The van der Waals surface area contributed by atoms with Crippen molar-refractivity contribution >= 4 is 11.6 Å². The number of nitrogens with one attached hydrogen (secondary N) is 1. The molecule has 30 heavy (non-hydrogen) atoms. The minimum atomic E-state index is -0.101. The van der Waals surface area contributed by atoms with Crippen molar-refractivity contribution in [3.8, 4) is 11.1 Å². The predicted molar refractivity (Wildman–Crippen MR) is 121 cm³/mol. The number of piperazine rings is 1. The van der Waals surface area contributed by atoms with Crippen molar-refractivity contribution in [2.45, 2.75) is 26.3 Å². The lowest BCUT2D eigenvalue weighted by Crippen LogP contribution is -2.51. The second kappa shape index (κ2) is 9.18. The first-order valence-corrected chi connectivity index (χ1v) is 10.6. The number of ketones is 1. The fourth-order valence-electron chi connectivity index (χ4n) is 3.99. The fraction of sp³-hybridized carbons (Fsp3) is 0.320. The van der Waals surface area contributed by atoms with Gasteiger partial charge in [-0.2, -0.15) is 0 Å². The zero-order valence-corrected chi connectivity index (χ0v) is 17.6. The van der Waals surface area contributed by atoms with Crippen LogP contribution in [0.25, 0.3) is 11.1 Å². The lowest BCUT2D eigenvalue weighted by molar-refractivity contribution is 0.103. The number of carbonyl (C=O) groups is 1. The summed E-state index contributed by atoms with van der Waals surface area (Å²) in [6.45, 7) is 7.23. The first-order valence-electron chi connectivity index (χ1n) is 10.6. The molecule has 1 aliphatic rings. The largest absolute Gasteiger partial charge is 0.354 e. The molecule has 3 heterocycles. The topological polar surface area (TPSA) is 58.1 Å². The third-order valence-corrected chi connectivity index (χ3v) is 5.41. The van der Waals surface area contributed by atoms with Crippen molar-refractivity contribution in [1.29, 1.82) is 0 Å². The highest BCUT2D eigenvalue weighted by Gasteiger charge is 2.22. The summed E-state index contributed by atoms with van der Waals surface area (Å²) in [6.07, 6.45) is 4.53. The maximum Gasteiger partial charge on any atom is 0.212 e. The Morgan fingerprint density at radius 3 is 2.73 bits per heavy atom. The molecule has 3 aromatic rings. The highest BCUT2D eigenvalue weighted by Crippen LogP contribution is 2.21. The van der Waals surface area contributed by atoms with Crippen LogP contribution in [0, 0.1) is 5.92 Å². The van der Waals surface area contributed by atoms with Crippen LogP contribution in [-0.4, -0.2) is 41.4 Å². The molecular weight excluding hydrogens is 372 g/mol. The van der Waals surface area contributed by atoms with E-state index in [0.717, 1.165) is 43.0 Å². The summed E-state index contributed by atoms with van der Waals surface area (Å²) in [6, 6.07) is 18.0. The van der Waals surface area contributed by atoms with Gasteiger partial charge in [-0.1, -0.05) is 50.2 Å². The lowest BCUT2D eigenvalue weighted by atomic mass is 10.0. The highest BCUT2D eigenvalue weighted by atomic mass is 16.1. The molecule has 1 N–H and O–H groups in total. The van der Waals surface area contributed by atoms with Crippen molar-refractivity contribution in [2.24, 2.45) is 5.92 Å². The minimum absolute atomic E-state index is 0.101. The van der Waals surface area contributed by atoms with Crippen molar-refractivity contribution in [2.75, 3.05) is 24.5 Å². The van der Waals surface area contributed by atoms with Gasteiger partial charge in [-0.15, -0.1) is 0 Å². The predicted octanol–water partition coefficient (Wildman–Crippen LogP) is 4.20. The Morgan fingerprint density at radius 2 is 1.93 bits per heavy atom. The van der Waals surface area contributed by atoms with Gasteiger partial charge in [-0.05, 0) is 36.1 Å². The Bertz CT molecular complexity index is 1000. The fourth-order valence-corrected chi connectivity index (χ4v) is 3.99. The number of rotatable bonds is 6. The molecule has 1 fully saturated rings. The van der Waals surface area contributed by atoms with E-state index < -0.39 is 0 Å². The molecule has 1 aromatic carbocycles. The second-order valence-corrected chi connectivity index (χ2v) is 8.27. The number of hydrogen-bond donors (Lipinski definition) is 1. The average Bonchev–Trinajstić information content (AvgIpc) is 2.79. The Balaban J connectivity index is 1.55. The number of anilines is 1. The number of nitrogens with zero attached hydrogens (tertiary/aromatic N) is 3. The smallest absolute Gasteiger partial charge is 0.212 e. The maximum atomic E-state index is 13.1. The molecular formula is C25H28N4O. The summed E-state index contributed by atoms with van der Waals surface area (Å²) in [5.74, 6) is 1.41. The van der Waals surface area contributed by atoms with Gasteiger partial charge in [0.15, 0.2) is 0 Å². The third-order valence-electron chi connectivity index (χ3n) is 5.41. The Labute approximate surface area is 178 Å². The van der Waals surface area contributed by atoms with E-state index >= 15 is 0 Å². The third kappa shape index (κ3) is 4.74. The van der Waals surface area contributed by atoms with Gasteiger partial charge in [0.05, 0.1) is 0 Å². The molecule has 1 saturated heterocycles. The van der Waals surface area contributed by atoms with E-state index in [1.807, 2.05) is 48.5 Å².